The van der Waals surface area contributed by atoms with Crippen LogP contribution in [0.4, 0.5) is 30.7 Å². The van der Waals surface area contributed by atoms with Crippen LogP contribution in [0.25, 0.3) is 0 Å². The molecular weight excluding hydrogens is 323 g/mol. The second-order valence-corrected chi connectivity index (χ2v) is 4.03. The molecule has 1 rings (SSSR count). The number of carbonyl (C=O) groups excluding carboxylic acids is 1. The van der Waals surface area contributed by atoms with Crippen LogP contribution in [-0.2, 0) is 4.74 Å². The number of rotatable bonds is 5. The van der Waals surface area contributed by atoms with E-state index in [4.69, 9.17) is 0 Å². The van der Waals surface area contributed by atoms with E-state index >= 15 is 0 Å². The molecule has 0 saturated heterocycles. The molecule has 1 amide bonds. The van der Waals surface area contributed by atoms with Gasteiger partial charge in [-0.25, -0.2) is 4.39 Å². The molecule has 0 atom stereocenters. The third-order valence-corrected chi connectivity index (χ3v) is 2.52. The van der Waals surface area contributed by atoms with Crippen molar-refractivity contribution in [3.63, 3.8) is 0 Å². The zero-order valence-electron chi connectivity index (χ0n) is 10.8. The Hall–Kier alpha value is -1.84. The molecule has 0 aliphatic rings. The molecule has 0 radical (unpaired) electrons. The summed E-state index contributed by atoms with van der Waals surface area (Å²) in [4.78, 5) is 11.6. The van der Waals surface area contributed by atoms with Crippen LogP contribution >= 0.6 is 0 Å². The summed E-state index contributed by atoms with van der Waals surface area (Å²) in [5.41, 5.74) is -5.43. The molecule has 3 nitrogen and oxygen atoms in total. The lowest BCUT2D eigenvalue weighted by molar-refractivity contribution is -0.388. The molecule has 0 fully saturated rings. The molecule has 1 aromatic rings. The highest BCUT2D eigenvalue weighted by atomic mass is 19.4. The van der Waals surface area contributed by atoms with Gasteiger partial charge in [-0.15, -0.1) is 0 Å². The summed E-state index contributed by atoms with van der Waals surface area (Å²) in [5.74, 6) is -1.66. The van der Waals surface area contributed by atoms with Crippen molar-refractivity contribution in [1.82, 2.24) is 5.32 Å². The predicted molar refractivity (Wildman–Crippen MR) is 60.7 cm³/mol. The van der Waals surface area contributed by atoms with Gasteiger partial charge in [-0.05, 0) is 12.1 Å². The van der Waals surface area contributed by atoms with Gasteiger partial charge >= 0.3 is 18.1 Å². The van der Waals surface area contributed by atoms with E-state index in [-0.39, 0.29) is 0 Å². The Morgan fingerprint density at radius 3 is 1.91 bits per heavy atom. The molecule has 1 N–H and O–H groups in total. The molecule has 0 heterocycles. The number of alkyl halides is 7. The van der Waals surface area contributed by atoms with Crippen molar-refractivity contribution in [2.45, 2.75) is 18.1 Å². The van der Waals surface area contributed by atoms with Crippen molar-refractivity contribution in [2.24, 2.45) is 0 Å². The molecule has 0 unspecified atom stereocenters. The fraction of sp³-hybridized carbons (Fsp3) is 0.417. The van der Waals surface area contributed by atoms with Crippen LogP contribution in [0.5, 0.6) is 0 Å². The van der Waals surface area contributed by atoms with E-state index in [2.05, 4.69) is 4.74 Å². The minimum atomic E-state index is -6.04. The Labute approximate surface area is 120 Å². The Balaban J connectivity index is 3.22. The van der Waals surface area contributed by atoms with E-state index in [1.165, 1.54) is 18.2 Å². The number of hydrogen-bond acceptors (Lipinski definition) is 2. The van der Waals surface area contributed by atoms with Crippen molar-refractivity contribution in [3.8, 4) is 0 Å². The Morgan fingerprint density at radius 1 is 1.00 bits per heavy atom. The lowest BCUT2D eigenvalue weighted by Gasteiger charge is -2.37. The number of amides is 1. The Kier molecular flexibility index (Phi) is 5.39. The smallest absolute Gasteiger partial charge is 0.338 e. The lowest BCUT2D eigenvalue weighted by Crippen LogP contribution is -2.69. The number of ether oxygens (including phenoxy) is 1. The average Bonchev–Trinajstić information content (AvgIpc) is 2.41. The predicted octanol–water partition coefficient (Wildman–Crippen LogP) is 3.22. The molecule has 0 aliphatic heterocycles. The summed E-state index contributed by atoms with van der Waals surface area (Å²) in [7, 11) is 0. The molecule has 0 aromatic heterocycles. The van der Waals surface area contributed by atoms with Crippen LogP contribution in [0.3, 0.4) is 0 Å². The van der Waals surface area contributed by atoms with Crippen LogP contribution in [0.15, 0.2) is 30.3 Å². The summed E-state index contributed by atoms with van der Waals surface area (Å²) in [6.45, 7) is -3.08. The highest BCUT2D eigenvalue weighted by molar-refractivity contribution is 5.94. The molecule has 10 heteroatoms. The van der Waals surface area contributed by atoms with Crippen LogP contribution in [0, 0.1) is 0 Å². The summed E-state index contributed by atoms with van der Waals surface area (Å²) < 4.78 is 93.0. The van der Waals surface area contributed by atoms with E-state index < -0.39 is 42.8 Å². The van der Waals surface area contributed by atoms with Gasteiger partial charge in [-0.2, -0.15) is 26.3 Å². The summed E-state index contributed by atoms with van der Waals surface area (Å²) in [5, 5.41) is 0.784. The zero-order chi connectivity index (χ0) is 17.0. The van der Waals surface area contributed by atoms with Gasteiger partial charge in [-0.3, -0.25) is 4.79 Å². The first-order valence-electron chi connectivity index (χ1n) is 5.76. The molecular formula is C12H10F7NO2. The van der Waals surface area contributed by atoms with Gasteiger partial charge in [0.1, 0.15) is 6.67 Å². The number of nitrogens with one attached hydrogen (secondary N) is 1. The maximum Gasteiger partial charge on any atom is 0.446 e. The first kappa shape index (κ1) is 18.2. The van der Waals surface area contributed by atoms with Gasteiger partial charge in [0.15, 0.2) is 0 Å². The second-order valence-electron chi connectivity index (χ2n) is 4.03. The SMILES string of the molecule is O=C(NC(OCCF)(C(F)(F)F)C(F)(F)F)c1ccccc1. The molecule has 0 aliphatic carbocycles. The highest BCUT2D eigenvalue weighted by Gasteiger charge is 2.73. The molecule has 22 heavy (non-hydrogen) atoms. The number of carbonyl (C=O) groups is 1. The minimum absolute atomic E-state index is 0.441. The van der Waals surface area contributed by atoms with Gasteiger partial charge in [-0.1, -0.05) is 18.2 Å². The normalized spacial score (nSPS) is 13.0. The summed E-state index contributed by atoms with van der Waals surface area (Å²) in [6, 6.07) is 5.95. The third-order valence-electron chi connectivity index (χ3n) is 2.52. The van der Waals surface area contributed by atoms with E-state index in [0.29, 0.717) is 0 Å². The second kappa shape index (κ2) is 6.51. The quantitative estimate of drug-likeness (QED) is 0.664. The molecule has 0 bridgehead atoms. The topological polar surface area (TPSA) is 38.3 Å². The van der Waals surface area contributed by atoms with E-state index in [1.807, 2.05) is 0 Å². The molecule has 1 aromatic carbocycles. The number of benzene rings is 1. The summed E-state index contributed by atoms with van der Waals surface area (Å²) in [6.07, 6.45) is -12.1. The number of hydrogen-bond donors (Lipinski definition) is 1. The molecule has 124 valence electrons. The standard InChI is InChI=1S/C12H10F7NO2/c13-6-7-22-10(11(14,15)16,12(17,18)19)20-9(21)8-4-2-1-3-5-8/h1-5H,6-7H2,(H,20,21). The van der Waals surface area contributed by atoms with Crippen LogP contribution < -0.4 is 5.32 Å². The zero-order valence-corrected chi connectivity index (χ0v) is 10.8. The van der Waals surface area contributed by atoms with E-state index in [9.17, 15) is 35.5 Å². The minimum Gasteiger partial charge on any atom is -0.338 e. The summed E-state index contributed by atoms with van der Waals surface area (Å²) >= 11 is 0. The van der Waals surface area contributed by atoms with Crippen LogP contribution in [0.2, 0.25) is 0 Å². The fourth-order valence-electron chi connectivity index (χ4n) is 1.52. The fourth-order valence-corrected chi connectivity index (χ4v) is 1.52. The van der Waals surface area contributed by atoms with Gasteiger partial charge in [0.2, 0.25) is 0 Å². The Bertz CT molecular complexity index is 484. The monoisotopic (exact) mass is 333 g/mol. The average molecular weight is 333 g/mol. The molecule has 0 spiro atoms. The Morgan fingerprint density at radius 2 is 1.50 bits per heavy atom. The van der Waals surface area contributed by atoms with Gasteiger partial charge < -0.3 is 10.1 Å². The first-order chi connectivity index (χ1) is 10.0. The first-order valence-corrected chi connectivity index (χ1v) is 5.76. The van der Waals surface area contributed by atoms with Crippen molar-refractivity contribution < 1.29 is 40.3 Å². The van der Waals surface area contributed by atoms with Crippen LogP contribution in [-0.4, -0.2) is 37.3 Å². The van der Waals surface area contributed by atoms with E-state index in [1.54, 1.807) is 0 Å². The lowest BCUT2D eigenvalue weighted by atomic mass is 10.1. The van der Waals surface area contributed by atoms with Crippen LogP contribution in [0.1, 0.15) is 10.4 Å². The van der Waals surface area contributed by atoms with Gasteiger partial charge in [0.05, 0.1) is 6.61 Å². The van der Waals surface area contributed by atoms with Crippen molar-refractivity contribution in [3.05, 3.63) is 35.9 Å². The van der Waals surface area contributed by atoms with Gasteiger partial charge in [0.25, 0.3) is 5.91 Å². The maximum absolute atomic E-state index is 12.9. The van der Waals surface area contributed by atoms with Gasteiger partial charge in [0, 0.05) is 5.56 Å². The molecule has 0 saturated carbocycles. The van der Waals surface area contributed by atoms with Crippen molar-refractivity contribution in [2.75, 3.05) is 13.3 Å². The number of halogens is 7. The van der Waals surface area contributed by atoms with E-state index in [0.717, 1.165) is 17.4 Å². The maximum atomic E-state index is 12.9. The van der Waals surface area contributed by atoms with Crippen molar-refractivity contribution in [1.29, 1.82) is 0 Å². The van der Waals surface area contributed by atoms with Crippen molar-refractivity contribution >= 4 is 5.91 Å². The highest BCUT2D eigenvalue weighted by Crippen LogP contribution is 2.44. The largest absolute Gasteiger partial charge is 0.446 e. The third kappa shape index (κ3) is 3.67.